The molecule has 1 N–H and O–H groups in total. The van der Waals surface area contributed by atoms with Crippen LogP contribution in [0.3, 0.4) is 0 Å². The maximum absolute atomic E-state index is 13.3. The van der Waals surface area contributed by atoms with Crippen molar-refractivity contribution in [2.45, 2.75) is 78.0 Å². The predicted molar refractivity (Wildman–Crippen MR) is 141 cm³/mol. The minimum Gasteiger partial charge on any atom is -0.493 e. The van der Waals surface area contributed by atoms with Crippen LogP contribution >= 0.6 is 0 Å². The van der Waals surface area contributed by atoms with Crippen LogP contribution < -0.4 is 10.1 Å². The normalized spacial score (nSPS) is 16.1. The molecular weight excluding hydrogens is 454 g/mol. The first-order valence-electron chi connectivity index (χ1n) is 13.0. The van der Waals surface area contributed by atoms with Crippen molar-refractivity contribution in [1.82, 2.24) is 5.32 Å². The molecule has 0 aromatic heterocycles. The quantitative estimate of drug-likeness (QED) is 0.418. The van der Waals surface area contributed by atoms with Gasteiger partial charge in [-0.1, -0.05) is 82.5 Å². The van der Waals surface area contributed by atoms with Crippen molar-refractivity contribution in [2.75, 3.05) is 13.7 Å². The first-order valence-corrected chi connectivity index (χ1v) is 13.0. The van der Waals surface area contributed by atoms with E-state index in [1.54, 1.807) is 0 Å². The highest BCUT2D eigenvalue weighted by molar-refractivity contribution is 5.87. The summed E-state index contributed by atoms with van der Waals surface area (Å²) in [6.07, 6.45) is 5.98. The van der Waals surface area contributed by atoms with E-state index < -0.39 is 23.5 Å². The molecule has 36 heavy (non-hydrogen) atoms. The number of carbonyl (C=O) groups excluding carboxylic acids is 2. The number of methoxy groups -OCH3 is 1. The Morgan fingerprint density at radius 1 is 0.944 bits per heavy atom. The van der Waals surface area contributed by atoms with Gasteiger partial charge in [-0.15, -0.1) is 0 Å². The van der Waals surface area contributed by atoms with Crippen molar-refractivity contribution >= 4 is 11.9 Å². The van der Waals surface area contributed by atoms with Crippen molar-refractivity contribution in [3.8, 4) is 5.75 Å². The molecule has 0 unspecified atom stereocenters. The number of hydrogen-bond donors (Lipinski definition) is 1. The zero-order valence-electron chi connectivity index (χ0n) is 22.1. The van der Waals surface area contributed by atoms with Crippen molar-refractivity contribution in [1.29, 1.82) is 0 Å². The van der Waals surface area contributed by atoms with Crippen LogP contribution in [0, 0.1) is 11.3 Å². The highest BCUT2D eigenvalue weighted by Gasteiger charge is 2.35. The van der Waals surface area contributed by atoms with Crippen molar-refractivity contribution in [2.24, 2.45) is 11.3 Å². The van der Waals surface area contributed by atoms with E-state index in [0.717, 1.165) is 23.5 Å². The van der Waals surface area contributed by atoms with Crippen molar-refractivity contribution in [3.63, 3.8) is 0 Å². The van der Waals surface area contributed by atoms with Crippen LogP contribution in [0.2, 0.25) is 0 Å². The number of carbonyl (C=O) groups is 2. The molecule has 1 amide bonds. The summed E-state index contributed by atoms with van der Waals surface area (Å²) in [6, 6.07) is 16.6. The second-order valence-electron chi connectivity index (χ2n) is 10.8. The molecule has 0 radical (unpaired) electrons. The van der Waals surface area contributed by atoms with E-state index >= 15 is 0 Å². The Balaban J connectivity index is 1.60. The molecule has 0 spiro atoms. The van der Waals surface area contributed by atoms with Gasteiger partial charge in [-0.3, -0.25) is 4.79 Å². The summed E-state index contributed by atoms with van der Waals surface area (Å²) in [6.45, 7) is 6.89. The van der Waals surface area contributed by atoms with E-state index in [4.69, 9.17) is 14.2 Å². The lowest BCUT2D eigenvalue weighted by Crippen LogP contribution is -2.51. The molecule has 2 atom stereocenters. The average Bonchev–Trinajstić information content (AvgIpc) is 2.88. The van der Waals surface area contributed by atoms with E-state index in [1.165, 1.54) is 39.2 Å². The summed E-state index contributed by atoms with van der Waals surface area (Å²) in [4.78, 5) is 25.8. The SMILES string of the molecule is COC(=O)[C@H](Cc1ccc(OCC2CCCCC2)cc1)NC(=O)[C@@H](OCc1ccccc1)C(C)(C)C. The minimum absolute atomic E-state index is 0.307. The summed E-state index contributed by atoms with van der Waals surface area (Å²) < 4.78 is 17.0. The Kier molecular flexibility index (Phi) is 10.4. The second kappa shape index (κ2) is 13.4. The molecule has 1 aliphatic carbocycles. The molecule has 0 aliphatic heterocycles. The van der Waals surface area contributed by atoms with Gasteiger partial charge in [0.25, 0.3) is 0 Å². The largest absolute Gasteiger partial charge is 0.493 e. The van der Waals surface area contributed by atoms with Gasteiger partial charge < -0.3 is 19.5 Å². The minimum atomic E-state index is -0.818. The highest BCUT2D eigenvalue weighted by atomic mass is 16.5. The van der Waals surface area contributed by atoms with E-state index in [2.05, 4.69) is 5.32 Å². The molecule has 1 saturated carbocycles. The standard InChI is InChI=1S/C30H41NO5/c1-30(2,3)27(36-21-24-13-9-6-10-14-24)28(32)31-26(29(33)34-4)19-22-15-17-25(18-16-22)35-20-23-11-7-5-8-12-23/h6,9-10,13-18,23,26-27H,5,7-8,11-12,19-21H2,1-4H3,(H,31,32)/t26-,27+/m0/s1. The van der Waals surface area contributed by atoms with Crippen molar-refractivity contribution < 1.29 is 23.8 Å². The van der Waals surface area contributed by atoms with Crippen LogP contribution in [0.4, 0.5) is 0 Å². The number of ether oxygens (including phenoxy) is 3. The van der Waals surface area contributed by atoms with Crippen LogP contribution in [0.15, 0.2) is 54.6 Å². The molecule has 1 aliphatic rings. The molecule has 0 heterocycles. The first kappa shape index (κ1) is 27.7. The van der Waals surface area contributed by atoms with Crippen LogP contribution in [-0.2, 0) is 32.1 Å². The monoisotopic (exact) mass is 495 g/mol. The van der Waals surface area contributed by atoms with Gasteiger partial charge in [0.2, 0.25) is 5.91 Å². The average molecular weight is 496 g/mol. The summed E-state index contributed by atoms with van der Waals surface area (Å²) >= 11 is 0. The Hall–Kier alpha value is -2.86. The van der Waals surface area contributed by atoms with E-state index in [9.17, 15) is 9.59 Å². The molecular formula is C30H41NO5. The molecule has 2 aromatic carbocycles. The van der Waals surface area contributed by atoms with Gasteiger partial charge in [-0.05, 0) is 47.4 Å². The molecule has 6 nitrogen and oxygen atoms in total. The number of benzene rings is 2. The number of hydrogen-bond acceptors (Lipinski definition) is 5. The molecule has 2 aromatic rings. The van der Waals surface area contributed by atoms with Crippen molar-refractivity contribution in [3.05, 3.63) is 65.7 Å². The third-order valence-electron chi connectivity index (χ3n) is 6.66. The van der Waals surface area contributed by atoms with Gasteiger partial charge in [0.1, 0.15) is 17.9 Å². The third-order valence-corrected chi connectivity index (χ3v) is 6.66. The fourth-order valence-electron chi connectivity index (χ4n) is 4.58. The summed E-state index contributed by atoms with van der Waals surface area (Å²) in [7, 11) is 1.33. The van der Waals surface area contributed by atoms with Gasteiger partial charge in [-0.25, -0.2) is 4.79 Å². The van der Waals surface area contributed by atoms with Gasteiger partial charge in [-0.2, -0.15) is 0 Å². The van der Waals surface area contributed by atoms with Crippen LogP contribution in [0.25, 0.3) is 0 Å². The Morgan fingerprint density at radius 3 is 2.22 bits per heavy atom. The summed E-state index contributed by atoms with van der Waals surface area (Å²) in [5.41, 5.74) is 1.43. The summed E-state index contributed by atoms with van der Waals surface area (Å²) in [5, 5.41) is 2.87. The predicted octanol–water partition coefficient (Wildman–Crippen LogP) is 5.48. The number of amides is 1. The Morgan fingerprint density at radius 2 is 1.61 bits per heavy atom. The summed E-state index contributed by atoms with van der Waals surface area (Å²) in [5.74, 6) is 0.639. The lowest BCUT2D eigenvalue weighted by atomic mass is 9.88. The molecule has 0 saturated heterocycles. The van der Waals surface area contributed by atoms with Gasteiger partial charge in [0, 0.05) is 6.42 Å². The van der Waals surface area contributed by atoms with Crippen LogP contribution in [-0.4, -0.2) is 37.7 Å². The lowest BCUT2D eigenvalue weighted by Gasteiger charge is -2.31. The van der Waals surface area contributed by atoms with Crippen LogP contribution in [0.5, 0.6) is 5.75 Å². The van der Waals surface area contributed by atoms with Crippen LogP contribution in [0.1, 0.15) is 64.0 Å². The molecule has 1 fully saturated rings. The second-order valence-corrected chi connectivity index (χ2v) is 10.8. The fourth-order valence-corrected chi connectivity index (χ4v) is 4.58. The van der Waals surface area contributed by atoms with E-state index in [1.807, 2.05) is 75.4 Å². The molecule has 6 heteroatoms. The zero-order valence-corrected chi connectivity index (χ0v) is 22.1. The molecule has 0 bridgehead atoms. The number of esters is 1. The fraction of sp³-hybridized carbons (Fsp3) is 0.533. The number of rotatable bonds is 11. The first-order chi connectivity index (χ1) is 17.3. The highest BCUT2D eigenvalue weighted by Crippen LogP contribution is 2.26. The Bertz CT molecular complexity index is 946. The van der Waals surface area contributed by atoms with Gasteiger partial charge in [0.15, 0.2) is 0 Å². The molecule has 196 valence electrons. The number of nitrogens with one attached hydrogen (secondary N) is 1. The lowest BCUT2D eigenvalue weighted by molar-refractivity contribution is -0.150. The Labute approximate surface area is 215 Å². The maximum atomic E-state index is 13.3. The van der Waals surface area contributed by atoms with E-state index in [0.29, 0.717) is 18.9 Å². The maximum Gasteiger partial charge on any atom is 0.328 e. The smallest absolute Gasteiger partial charge is 0.328 e. The van der Waals surface area contributed by atoms with Gasteiger partial charge >= 0.3 is 5.97 Å². The third kappa shape index (κ3) is 8.66. The molecule has 3 rings (SSSR count). The van der Waals surface area contributed by atoms with E-state index in [-0.39, 0.29) is 5.91 Å². The zero-order chi connectivity index (χ0) is 26.0. The topological polar surface area (TPSA) is 73.9 Å². The van der Waals surface area contributed by atoms with Gasteiger partial charge in [0.05, 0.1) is 20.3 Å².